The van der Waals surface area contributed by atoms with E-state index in [1.165, 1.54) is 5.56 Å². The Labute approximate surface area is 194 Å². The van der Waals surface area contributed by atoms with Gasteiger partial charge in [-0.1, -0.05) is 26.8 Å². The molecule has 0 saturated carbocycles. The van der Waals surface area contributed by atoms with Gasteiger partial charge in [-0.25, -0.2) is 4.98 Å². The van der Waals surface area contributed by atoms with E-state index in [9.17, 15) is 4.79 Å². The molecule has 2 atom stereocenters. The van der Waals surface area contributed by atoms with Crippen molar-refractivity contribution >= 4 is 22.7 Å². The van der Waals surface area contributed by atoms with E-state index in [0.717, 1.165) is 35.3 Å². The molecule has 0 aliphatic heterocycles. The predicted octanol–water partition coefficient (Wildman–Crippen LogP) is 7.44. The van der Waals surface area contributed by atoms with Crippen LogP contribution in [-0.2, 0) is 0 Å². The number of carbonyl (C=O) groups excluding carboxylic acids is 1. The van der Waals surface area contributed by atoms with Gasteiger partial charge in [-0.3, -0.25) is 4.79 Å². The van der Waals surface area contributed by atoms with E-state index in [2.05, 4.69) is 43.2 Å². The molecule has 0 radical (unpaired) electrons. The van der Waals surface area contributed by atoms with E-state index in [0.29, 0.717) is 23.1 Å². The Bertz CT molecular complexity index is 1230. The third-order valence-electron chi connectivity index (χ3n) is 6.01. The van der Waals surface area contributed by atoms with E-state index in [1.807, 2.05) is 49.4 Å². The van der Waals surface area contributed by atoms with Gasteiger partial charge in [0.25, 0.3) is 5.91 Å². The highest BCUT2D eigenvalue weighted by Gasteiger charge is 2.12. The third-order valence-corrected chi connectivity index (χ3v) is 6.01. The van der Waals surface area contributed by atoms with Crippen molar-refractivity contribution in [1.82, 2.24) is 4.98 Å². The van der Waals surface area contributed by atoms with E-state index < -0.39 is 0 Å². The highest BCUT2D eigenvalue weighted by Crippen LogP contribution is 2.28. The number of carbonyl (C=O) groups is 1. The lowest BCUT2D eigenvalue weighted by molar-refractivity contribution is 0.102. The lowest BCUT2D eigenvalue weighted by atomic mass is 9.98. The molecular formula is C28H30N2O3. The van der Waals surface area contributed by atoms with Crippen molar-refractivity contribution in [2.24, 2.45) is 0 Å². The molecule has 1 amide bonds. The number of ether oxygens (including phenoxy) is 1. The minimum Gasteiger partial charge on any atom is -0.491 e. The topological polar surface area (TPSA) is 64.4 Å². The van der Waals surface area contributed by atoms with Crippen molar-refractivity contribution in [2.75, 3.05) is 5.32 Å². The first-order valence-corrected chi connectivity index (χ1v) is 11.6. The molecule has 0 fully saturated rings. The zero-order chi connectivity index (χ0) is 23.4. The number of rotatable bonds is 8. The summed E-state index contributed by atoms with van der Waals surface area (Å²) in [4.78, 5) is 17.3. The van der Waals surface area contributed by atoms with Gasteiger partial charge in [0.05, 0.1) is 6.10 Å². The summed E-state index contributed by atoms with van der Waals surface area (Å²) >= 11 is 0. The van der Waals surface area contributed by atoms with Gasteiger partial charge >= 0.3 is 0 Å². The molecular weight excluding hydrogens is 412 g/mol. The molecule has 3 aromatic carbocycles. The number of fused-ring (bicyclic) bond motifs is 1. The minimum absolute atomic E-state index is 0.145. The first-order chi connectivity index (χ1) is 16.0. The van der Waals surface area contributed by atoms with Crippen molar-refractivity contribution in [3.05, 3.63) is 77.9 Å². The summed E-state index contributed by atoms with van der Waals surface area (Å²) in [5.41, 5.74) is 5.05. The molecule has 33 heavy (non-hydrogen) atoms. The smallest absolute Gasteiger partial charge is 0.255 e. The van der Waals surface area contributed by atoms with E-state index in [-0.39, 0.29) is 12.0 Å². The molecule has 1 heterocycles. The minimum atomic E-state index is -0.169. The van der Waals surface area contributed by atoms with Crippen LogP contribution in [-0.4, -0.2) is 17.0 Å². The fraction of sp³-hybridized carbons (Fsp3) is 0.286. The number of benzene rings is 3. The van der Waals surface area contributed by atoms with Gasteiger partial charge in [-0.05, 0) is 91.9 Å². The second kappa shape index (κ2) is 9.90. The number of hydrogen-bond donors (Lipinski definition) is 1. The molecule has 0 aliphatic rings. The van der Waals surface area contributed by atoms with Crippen LogP contribution in [0.15, 0.2) is 71.1 Å². The Kier molecular flexibility index (Phi) is 6.78. The summed E-state index contributed by atoms with van der Waals surface area (Å²) in [7, 11) is 0. The first kappa shape index (κ1) is 22.6. The van der Waals surface area contributed by atoms with Crippen molar-refractivity contribution in [2.45, 2.75) is 52.6 Å². The quantitative estimate of drug-likeness (QED) is 0.308. The molecule has 4 aromatic rings. The zero-order valence-corrected chi connectivity index (χ0v) is 19.6. The van der Waals surface area contributed by atoms with Crippen LogP contribution in [0.3, 0.4) is 0 Å². The Morgan fingerprint density at radius 1 is 0.970 bits per heavy atom. The number of oxazole rings is 1. The molecule has 1 aromatic heterocycles. The summed E-state index contributed by atoms with van der Waals surface area (Å²) in [5.74, 6) is 1.65. The van der Waals surface area contributed by atoms with Crippen molar-refractivity contribution < 1.29 is 13.9 Å². The molecule has 0 saturated heterocycles. The van der Waals surface area contributed by atoms with Crippen LogP contribution in [0, 0.1) is 0 Å². The fourth-order valence-electron chi connectivity index (χ4n) is 3.51. The monoisotopic (exact) mass is 442 g/mol. The number of aromatic nitrogens is 1. The maximum absolute atomic E-state index is 12.6. The molecule has 170 valence electrons. The molecule has 0 spiro atoms. The van der Waals surface area contributed by atoms with Crippen LogP contribution in [0.25, 0.3) is 22.6 Å². The van der Waals surface area contributed by atoms with E-state index in [1.54, 1.807) is 12.1 Å². The molecule has 1 N–H and O–H groups in total. The van der Waals surface area contributed by atoms with Crippen LogP contribution in [0.1, 0.15) is 62.4 Å². The summed E-state index contributed by atoms with van der Waals surface area (Å²) in [6, 6.07) is 20.9. The largest absolute Gasteiger partial charge is 0.491 e. The van der Waals surface area contributed by atoms with Crippen LogP contribution < -0.4 is 10.1 Å². The molecule has 4 rings (SSSR count). The van der Waals surface area contributed by atoms with Gasteiger partial charge in [0.15, 0.2) is 5.58 Å². The van der Waals surface area contributed by atoms with Gasteiger partial charge in [0, 0.05) is 16.8 Å². The first-order valence-electron chi connectivity index (χ1n) is 11.6. The Balaban J connectivity index is 1.44. The van der Waals surface area contributed by atoms with Crippen LogP contribution in [0.4, 0.5) is 5.69 Å². The average molecular weight is 443 g/mol. The van der Waals surface area contributed by atoms with Gasteiger partial charge in [0.1, 0.15) is 11.3 Å². The van der Waals surface area contributed by atoms with Gasteiger partial charge < -0.3 is 14.5 Å². The number of hydrogen-bond acceptors (Lipinski definition) is 4. The standard InChI is InChI=1S/C28H30N2O3/c1-5-18(3)22-11-16-26-25(17-22)30-28(33-26)21-7-12-23(13-8-21)29-27(31)20-9-14-24(15-10-20)32-19(4)6-2/h7-19H,5-6H2,1-4H3,(H,29,31)/t18-,19+/m0/s1. The second-order valence-electron chi connectivity index (χ2n) is 8.45. The van der Waals surface area contributed by atoms with Gasteiger partial charge in [0.2, 0.25) is 5.89 Å². The third kappa shape index (κ3) is 5.25. The highest BCUT2D eigenvalue weighted by atomic mass is 16.5. The van der Waals surface area contributed by atoms with E-state index in [4.69, 9.17) is 9.15 Å². The summed E-state index contributed by atoms with van der Waals surface area (Å²) in [6.07, 6.45) is 2.16. The van der Waals surface area contributed by atoms with Crippen LogP contribution in [0.5, 0.6) is 5.75 Å². The number of nitrogens with zero attached hydrogens (tertiary/aromatic N) is 1. The molecule has 0 unspecified atom stereocenters. The second-order valence-corrected chi connectivity index (χ2v) is 8.45. The maximum Gasteiger partial charge on any atom is 0.255 e. The lowest BCUT2D eigenvalue weighted by Gasteiger charge is -2.12. The Morgan fingerprint density at radius 3 is 2.36 bits per heavy atom. The van der Waals surface area contributed by atoms with Crippen molar-refractivity contribution in [1.29, 1.82) is 0 Å². The fourth-order valence-corrected chi connectivity index (χ4v) is 3.51. The van der Waals surface area contributed by atoms with Crippen molar-refractivity contribution in [3.63, 3.8) is 0 Å². The highest BCUT2D eigenvalue weighted by molar-refractivity contribution is 6.04. The Morgan fingerprint density at radius 2 is 1.70 bits per heavy atom. The predicted molar refractivity (Wildman–Crippen MR) is 133 cm³/mol. The number of anilines is 1. The van der Waals surface area contributed by atoms with Gasteiger partial charge in [-0.15, -0.1) is 0 Å². The summed E-state index contributed by atoms with van der Waals surface area (Å²) < 4.78 is 11.7. The SMILES string of the molecule is CC[C@@H](C)Oc1ccc(C(=O)Nc2ccc(-c3nc4cc([C@@H](C)CC)ccc4o3)cc2)cc1. The number of nitrogens with one attached hydrogen (secondary N) is 1. The normalized spacial score (nSPS) is 13.0. The number of amides is 1. The summed E-state index contributed by atoms with van der Waals surface area (Å²) in [6.45, 7) is 8.49. The van der Waals surface area contributed by atoms with Crippen LogP contribution in [0.2, 0.25) is 0 Å². The molecule has 0 bridgehead atoms. The molecule has 5 heteroatoms. The zero-order valence-electron chi connectivity index (χ0n) is 19.6. The Hall–Kier alpha value is -3.60. The lowest BCUT2D eigenvalue weighted by Crippen LogP contribution is -2.12. The van der Waals surface area contributed by atoms with Crippen LogP contribution >= 0.6 is 0 Å². The maximum atomic E-state index is 12.6. The molecule has 5 nitrogen and oxygen atoms in total. The van der Waals surface area contributed by atoms with E-state index >= 15 is 0 Å². The average Bonchev–Trinajstić information content (AvgIpc) is 3.27. The summed E-state index contributed by atoms with van der Waals surface area (Å²) in [5, 5.41) is 2.93. The van der Waals surface area contributed by atoms with Gasteiger partial charge in [-0.2, -0.15) is 0 Å². The molecule has 0 aliphatic carbocycles. The van der Waals surface area contributed by atoms with Crippen molar-refractivity contribution in [3.8, 4) is 17.2 Å².